The summed E-state index contributed by atoms with van der Waals surface area (Å²) < 4.78 is 14.0. The molecule has 1 aliphatic carbocycles. The summed E-state index contributed by atoms with van der Waals surface area (Å²) >= 11 is 6.17. The van der Waals surface area contributed by atoms with E-state index in [1.807, 2.05) is 0 Å². The summed E-state index contributed by atoms with van der Waals surface area (Å²) in [7, 11) is 0. The second-order valence-electron chi connectivity index (χ2n) is 7.27. The monoisotopic (exact) mass is 401 g/mol. The second kappa shape index (κ2) is 7.89. The van der Waals surface area contributed by atoms with Crippen LogP contribution in [0.2, 0.25) is 5.02 Å². The van der Waals surface area contributed by atoms with E-state index in [1.54, 1.807) is 24.3 Å². The van der Waals surface area contributed by atoms with Crippen LogP contribution in [0.3, 0.4) is 0 Å². The summed E-state index contributed by atoms with van der Waals surface area (Å²) in [6, 6.07) is 10.4. The first-order chi connectivity index (χ1) is 13.5. The molecule has 2 aliphatic rings. The van der Waals surface area contributed by atoms with E-state index in [0.29, 0.717) is 16.3 Å². The molecule has 2 aromatic carbocycles. The molecule has 2 aromatic rings. The molecule has 0 bridgehead atoms. The summed E-state index contributed by atoms with van der Waals surface area (Å²) in [5.74, 6) is -1.32. The molecule has 1 heterocycles. The molecular formula is C21H21ClFN3O2. The third-order valence-electron chi connectivity index (χ3n) is 5.43. The minimum atomic E-state index is -0.631. The predicted molar refractivity (Wildman–Crippen MR) is 106 cm³/mol. The Kier molecular flexibility index (Phi) is 5.33. The Morgan fingerprint density at radius 2 is 1.86 bits per heavy atom. The summed E-state index contributed by atoms with van der Waals surface area (Å²) in [5.41, 5.74) is 0.940. The Morgan fingerprint density at radius 1 is 1.11 bits per heavy atom. The fraction of sp³-hybridized carbons (Fsp3) is 0.333. The molecule has 0 radical (unpaired) electrons. The van der Waals surface area contributed by atoms with E-state index < -0.39 is 17.8 Å². The molecular weight excluding hydrogens is 381 g/mol. The standard InChI is InChI=1S/C21H21ClFN3O2/c22-12-9-10-16(25-20(27)13-5-1-2-6-15(13)23)14(11-12)19-21(28)26-18-8-4-3-7-17(18)24-19/h1-2,5-6,9-11,17-19,24H,3-4,7-8H2,(H,25,27)(H,26,28). The normalized spacial score (nSPS) is 24.2. The van der Waals surface area contributed by atoms with Crippen LogP contribution in [0, 0.1) is 5.82 Å². The zero-order valence-electron chi connectivity index (χ0n) is 15.2. The van der Waals surface area contributed by atoms with Gasteiger partial charge in [-0.15, -0.1) is 0 Å². The highest BCUT2D eigenvalue weighted by molar-refractivity contribution is 6.30. The number of halogens is 2. The van der Waals surface area contributed by atoms with Crippen LogP contribution in [-0.2, 0) is 4.79 Å². The highest BCUT2D eigenvalue weighted by Crippen LogP contribution is 2.32. The van der Waals surface area contributed by atoms with Crippen molar-refractivity contribution < 1.29 is 14.0 Å². The van der Waals surface area contributed by atoms with Crippen LogP contribution < -0.4 is 16.0 Å². The number of anilines is 1. The molecule has 2 amide bonds. The lowest BCUT2D eigenvalue weighted by Gasteiger charge is -2.41. The number of carbonyl (C=O) groups is 2. The molecule has 1 saturated carbocycles. The van der Waals surface area contributed by atoms with Crippen molar-refractivity contribution in [1.29, 1.82) is 0 Å². The number of amides is 2. The van der Waals surface area contributed by atoms with Crippen LogP contribution in [0.5, 0.6) is 0 Å². The van der Waals surface area contributed by atoms with Gasteiger partial charge in [-0.2, -0.15) is 0 Å². The van der Waals surface area contributed by atoms with Crippen molar-refractivity contribution in [3.8, 4) is 0 Å². The summed E-state index contributed by atoms with van der Waals surface area (Å²) in [4.78, 5) is 25.3. The van der Waals surface area contributed by atoms with E-state index in [4.69, 9.17) is 11.6 Å². The van der Waals surface area contributed by atoms with Gasteiger partial charge in [-0.1, -0.05) is 36.6 Å². The predicted octanol–water partition coefficient (Wildman–Crippen LogP) is 3.80. The van der Waals surface area contributed by atoms with Crippen molar-refractivity contribution in [2.45, 2.75) is 43.8 Å². The quantitative estimate of drug-likeness (QED) is 0.732. The van der Waals surface area contributed by atoms with Crippen LogP contribution in [0.4, 0.5) is 10.1 Å². The van der Waals surface area contributed by atoms with Gasteiger partial charge in [-0.25, -0.2) is 4.39 Å². The number of hydrogen-bond acceptors (Lipinski definition) is 3. The highest BCUT2D eigenvalue weighted by Gasteiger charge is 2.38. The van der Waals surface area contributed by atoms with Crippen LogP contribution in [0.25, 0.3) is 0 Å². The first-order valence-electron chi connectivity index (χ1n) is 9.44. The lowest BCUT2D eigenvalue weighted by atomic mass is 9.86. The average Bonchev–Trinajstić information content (AvgIpc) is 2.69. The van der Waals surface area contributed by atoms with Crippen molar-refractivity contribution in [2.75, 3.05) is 5.32 Å². The van der Waals surface area contributed by atoms with E-state index >= 15 is 0 Å². The van der Waals surface area contributed by atoms with E-state index in [-0.39, 0.29) is 23.6 Å². The molecule has 3 N–H and O–H groups in total. The molecule has 1 saturated heterocycles. The van der Waals surface area contributed by atoms with Gasteiger partial charge in [0.05, 0.1) is 5.56 Å². The van der Waals surface area contributed by atoms with Crippen molar-refractivity contribution in [1.82, 2.24) is 10.6 Å². The zero-order valence-corrected chi connectivity index (χ0v) is 15.9. The fourth-order valence-corrected chi connectivity index (χ4v) is 4.19. The van der Waals surface area contributed by atoms with Gasteiger partial charge < -0.3 is 10.6 Å². The number of hydrogen-bond donors (Lipinski definition) is 3. The Morgan fingerprint density at radius 3 is 2.64 bits per heavy atom. The maximum Gasteiger partial charge on any atom is 0.258 e. The minimum Gasteiger partial charge on any atom is -0.350 e. The highest BCUT2D eigenvalue weighted by atomic mass is 35.5. The van der Waals surface area contributed by atoms with E-state index in [0.717, 1.165) is 25.7 Å². The zero-order chi connectivity index (χ0) is 19.7. The average molecular weight is 402 g/mol. The van der Waals surface area contributed by atoms with Gasteiger partial charge in [0.25, 0.3) is 5.91 Å². The van der Waals surface area contributed by atoms with Crippen LogP contribution >= 0.6 is 11.6 Å². The molecule has 4 rings (SSSR count). The molecule has 146 valence electrons. The number of rotatable bonds is 3. The second-order valence-corrected chi connectivity index (χ2v) is 7.71. The van der Waals surface area contributed by atoms with Crippen molar-refractivity contribution in [3.05, 3.63) is 64.4 Å². The van der Waals surface area contributed by atoms with E-state index in [1.165, 1.54) is 18.2 Å². The third-order valence-corrected chi connectivity index (χ3v) is 5.66. The van der Waals surface area contributed by atoms with Gasteiger partial charge in [-0.3, -0.25) is 14.9 Å². The van der Waals surface area contributed by atoms with Crippen molar-refractivity contribution in [2.24, 2.45) is 0 Å². The number of fused-ring (bicyclic) bond motifs is 1. The maximum atomic E-state index is 14.0. The number of benzene rings is 2. The number of nitrogens with one attached hydrogen (secondary N) is 3. The first kappa shape index (κ1) is 18.9. The van der Waals surface area contributed by atoms with Crippen LogP contribution in [0.1, 0.15) is 47.6 Å². The molecule has 5 nitrogen and oxygen atoms in total. The van der Waals surface area contributed by atoms with Crippen LogP contribution in [-0.4, -0.2) is 23.9 Å². The fourth-order valence-electron chi connectivity index (χ4n) is 4.01. The lowest BCUT2D eigenvalue weighted by molar-refractivity contribution is -0.127. The smallest absolute Gasteiger partial charge is 0.258 e. The molecule has 28 heavy (non-hydrogen) atoms. The number of piperazine rings is 1. The first-order valence-corrected chi connectivity index (χ1v) is 9.82. The Bertz CT molecular complexity index is 920. The topological polar surface area (TPSA) is 70.2 Å². The Labute approximate surface area is 167 Å². The van der Waals surface area contributed by atoms with Gasteiger partial charge in [0, 0.05) is 28.4 Å². The molecule has 0 spiro atoms. The van der Waals surface area contributed by atoms with E-state index in [2.05, 4.69) is 16.0 Å². The molecule has 1 aliphatic heterocycles. The van der Waals surface area contributed by atoms with Gasteiger partial charge in [-0.05, 0) is 43.2 Å². The lowest BCUT2D eigenvalue weighted by Crippen LogP contribution is -2.61. The van der Waals surface area contributed by atoms with Crippen LogP contribution in [0.15, 0.2) is 42.5 Å². The molecule has 0 aromatic heterocycles. The van der Waals surface area contributed by atoms with Gasteiger partial charge in [0.2, 0.25) is 5.91 Å². The van der Waals surface area contributed by atoms with Gasteiger partial charge in [0.15, 0.2) is 0 Å². The van der Waals surface area contributed by atoms with Gasteiger partial charge >= 0.3 is 0 Å². The summed E-state index contributed by atoms with van der Waals surface area (Å²) in [6.07, 6.45) is 4.17. The van der Waals surface area contributed by atoms with E-state index in [9.17, 15) is 14.0 Å². The SMILES string of the molecule is O=C(Nc1ccc(Cl)cc1C1NC2CCCCC2NC1=O)c1ccccc1F. The molecule has 3 unspecified atom stereocenters. The minimum absolute atomic E-state index is 0.0585. The summed E-state index contributed by atoms with van der Waals surface area (Å²) in [5, 5.41) is 9.69. The Balaban J connectivity index is 1.62. The Hall–Kier alpha value is -2.44. The van der Waals surface area contributed by atoms with Crippen molar-refractivity contribution in [3.63, 3.8) is 0 Å². The molecule has 2 fully saturated rings. The third kappa shape index (κ3) is 3.75. The van der Waals surface area contributed by atoms with Crippen molar-refractivity contribution >= 4 is 29.1 Å². The molecule has 7 heteroatoms. The largest absolute Gasteiger partial charge is 0.350 e. The number of carbonyl (C=O) groups excluding carboxylic acids is 2. The maximum absolute atomic E-state index is 14.0. The molecule has 3 atom stereocenters. The summed E-state index contributed by atoms with van der Waals surface area (Å²) in [6.45, 7) is 0. The van der Waals surface area contributed by atoms with Gasteiger partial charge in [0.1, 0.15) is 11.9 Å².